The van der Waals surface area contributed by atoms with Crippen molar-refractivity contribution in [2.75, 3.05) is 17.2 Å². The highest BCUT2D eigenvalue weighted by Gasteiger charge is 2.53. The number of carbonyl (C=O) groups excluding carboxylic acids is 1. The van der Waals surface area contributed by atoms with Crippen molar-refractivity contribution in [3.05, 3.63) is 89.5 Å². The molecule has 3 aromatic carbocycles. The zero-order chi connectivity index (χ0) is 22.4. The van der Waals surface area contributed by atoms with E-state index in [-0.39, 0.29) is 5.91 Å². The highest BCUT2D eigenvalue weighted by Crippen LogP contribution is 2.63. The van der Waals surface area contributed by atoms with Gasteiger partial charge in [-0.15, -0.1) is 0 Å². The van der Waals surface area contributed by atoms with E-state index < -0.39 is 0 Å². The number of carbonyl (C=O) groups is 1. The van der Waals surface area contributed by atoms with Gasteiger partial charge in [-0.1, -0.05) is 42.5 Å². The van der Waals surface area contributed by atoms with E-state index in [1.54, 1.807) is 0 Å². The van der Waals surface area contributed by atoms with Crippen LogP contribution in [0.25, 0.3) is 0 Å². The van der Waals surface area contributed by atoms with Gasteiger partial charge in [-0.2, -0.15) is 0 Å². The highest BCUT2D eigenvalue weighted by molar-refractivity contribution is 6.05. The molecule has 1 heterocycles. The molecule has 2 saturated carbocycles. The second-order valence-corrected chi connectivity index (χ2v) is 9.65. The van der Waals surface area contributed by atoms with Crippen molar-refractivity contribution in [3.8, 4) is 5.75 Å². The number of anilines is 2. The van der Waals surface area contributed by atoms with Crippen LogP contribution in [0.2, 0.25) is 0 Å². The Morgan fingerprint density at radius 1 is 1.00 bits per heavy atom. The molecule has 5 atom stereocenters. The molecule has 0 unspecified atom stereocenters. The minimum Gasteiger partial charge on any atom is -0.492 e. The minimum atomic E-state index is -0.0881. The van der Waals surface area contributed by atoms with E-state index in [0.717, 1.165) is 11.8 Å². The Bertz CT molecular complexity index is 1180. The molecule has 33 heavy (non-hydrogen) atoms. The van der Waals surface area contributed by atoms with Gasteiger partial charge in [-0.05, 0) is 91.3 Å². The fraction of sp³-hybridized carbons (Fsp3) is 0.345. The molecule has 0 aromatic heterocycles. The standard InChI is InChI=1S/C29H30N2O2/c1-2-33-25-11-7-6-10-24(25)31-29(32)21-14-15-23-22(17-21)26-19-12-13-20(16-19)27(26)28(30-23)18-8-4-3-5-9-18/h3-11,14-15,17,19-20,26-28,30H,2,12-13,16H2,1H3,(H,31,32)/t19-,20-,26-,27+,28-/m0/s1. The zero-order valence-electron chi connectivity index (χ0n) is 19.0. The molecular formula is C29H30N2O2. The summed E-state index contributed by atoms with van der Waals surface area (Å²) in [6.07, 6.45) is 3.96. The number of rotatable bonds is 5. The average Bonchev–Trinajstić information content (AvgIpc) is 3.48. The van der Waals surface area contributed by atoms with E-state index in [2.05, 4.69) is 53.1 Å². The van der Waals surface area contributed by atoms with Crippen LogP contribution in [0.5, 0.6) is 5.75 Å². The fourth-order valence-electron chi connectivity index (χ4n) is 6.66. The Morgan fingerprint density at radius 3 is 2.64 bits per heavy atom. The van der Waals surface area contributed by atoms with Crippen molar-refractivity contribution in [1.29, 1.82) is 0 Å². The van der Waals surface area contributed by atoms with E-state index in [1.165, 1.54) is 36.1 Å². The number of para-hydroxylation sites is 2. The maximum Gasteiger partial charge on any atom is 0.255 e. The molecule has 3 aliphatic rings. The first-order valence-corrected chi connectivity index (χ1v) is 12.2. The first-order valence-electron chi connectivity index (χ1n) is 12.2. The molecule has 0 radical (unpaired) electrons. The molecule has 0 spiro atoms. The molecule has 168 valence electrons. The Morgan fingerprint density at radius 2 is 1.79 bits per heavy atom. The van der Waals surface area contributed by atoms with Gasteiger partial charge in [-0.25, -0.2) is 0 Å². The van der Waals surface area contributed by atoms with E-state index in [4.69, 9.17) is 4.74 Å². The van der Waals surface area contributed by atoms with E-state index in [9.17, 15) is 4.79 Å². The van der Waals surface area contributed by atoms with Crippen molar-refractivity contribution >= 4 is 17.3 Å². The second kappa shape index (κ2) is 8.26. The predicted octanol–water partition coefficient (Wildman–Crippen LogP) is 6.63. The Labute approximate surface area is 195 Å². The molecule has 4 heteroatoms. The van der Waals surface area contributed by atoms with Crippen molar-refractivity contribution in [3.63, 3.8) is 0 Å². The van der Waals surface area contributed by atoms with Crippen LogP contribution in [0.15, 0.2) is 72.8 Å². The summed E-state index contributed by atoms with van der Waals surface area (Å²) in [6.45, 7) is 2.51. The number of benzene rings is 3. The molecule has 4 nitrogen and oxygen atoms in total. The number of nitrogens with one attached hydrogen (secondary N) is 2. The van der Waals surface area contributed by atoms with Crippen LogP contribution in [-0.2, 0) is 0 Å². The molecule has 2 bridgehead atoms. The number of fused-ring (bicyclic) bond motifs is 7. The zero-order valence-corrected chi connectivity index (χ0v) is 19.0. The van der Waals surface area contributed by atoms with Crippen LogP contribution >= 0.6 is 0 Å². The molecule has 2 aliphatic carbocycles. The summed E-state index contributed by atoms with van der Waals surface area (Å²) in [7, 11) is 0. The number of hydrogen-bond acceptors (Lipinski definition) is 3. The quantitative estimate of drug-likeness (QED) is 0.470. The maximum atomic E-state index is 13.2. The van der Waals surface area contributed by atoms with Crippen LogP contribution in [0.1, 0.15) is 59.6 Å². The van der Waals surface area contributed by atoms with Gasteiger partial charge in [-0.3, -0.25) is 4.79 Å². The Hall–Kier alpha value is -3.27. The third-order valence-corrected chi connectivity index (χ3v) is 7.94. The highest BCUT2D eigenvalue weighted by atomic mass is 16.5. The normalized spacial score (nSPS) is 26.8. The summed E-state index contributed by atoms with van der Waals surface area (Å²) in [5.41, 5.74) is 5.30. The smallest absolute Gasteiger partial charge is 0.255 e. The molecule has 2 N–H and O–H groups in total. The fourth-order valence-corrected chi connectivity index (χ4v) is 6.66. The molecule has 2 fully saturated rings. The first kappa shape index (κ1) is 20.3. The molecular weight excluding hydrogens is 408 g/mol. The van der Waals surface area contributed by atoms with Crippen LogP contribution in [0.3, 0.4) is 0 Å². The van der Waals surface area contributed by atoms with Gasteiger partial charge in [0.15, 0.2) is 0 Å². The average molecular weight is 439 g/mol. The van der Waals surface area contributed by atoms with Crippen molar-refractivity contribution in [2.24, 2.45) is 17.8 Å². The molecule has 1 aliphatic heterocycles. The van der Waals surface area contributed by atoms with Gasteiger partial charge in [0.1, 0.15) is 5.75 Å². The third-order valence-electron chi connectivity index (χ3n) is 7.94. The molecule has 1 amide bonds. The topological polar surface area (TPSA) is 50.4 Å². The van der Waals surface area contributed by atoms with Gasteiger partial charge < -0.3 is 15.4 Å². The van der Waals surface area contributed by atoms with E-state index in [0.29, 0.717) is 41.5 Å². The maximum absolute atomic E-state index is 13.2. The van der Waals surface area contributed by atoms with Gasteiger partial charge >= 0.3 is 0 Å². The lowest BCUT2D eigenvalue weighted by atomic mass is 9.68. The summed E-state index contributed by atoms with van der Waals surface area (Å²) < 4.78 is 5.68. The third kappa shape index (κ3) is 3.49. The van der Waals surface area contributed by atoms with Crippen LogP contribution in [0, 0.1) is 17.8 Å². The monoisotopic (exact) mass is 438 g/mol. The van der Waals surface area contributed by atoms with Crippen LogP contribution in [-0.4, -0.2) is 12.5 Å². The lowest BCUT2D eigenvalue weighted by Crippen LogP contribution is -2.35. The van der Waals surface area contributed by atoms with Gasteiger partial charge in [0.2, 0.25) is 0 Å². The summed E-state index contributed by atoms with van der Waals surface area (Å²) >= 11 is 0. The van der Waals surface area contributed by atoms with Crippen molar-refractivity contribution in [1.82, 2.24) is 0 Å². The van der Waals surface area contributed by atoms with Crippen molar-refractivity contribution < 1.29 is 9.53 Å². The van der Waals surface area contributed by atoms with Gasteiger partial charge in [0.25, 0.3) is 5.91 Å². The Balaban J connectivity index is 1.33. The van der Waals surface area contributed by atoms with Crippen LogP contribution in [0.4, 0.5) is 11.4 Å². The SMILES string of the molecule is CCOc1ccccc1NC(=O)c1ccc2c(c1)[C@@H]1[C@H]3CC[C@@H](C3)[C@H]1[C@H](c1ccccc1)N2. The molecule has 6 rings (SSSR count). The van der Waals surface area contributed by atoms with Crippen molar-refractivity contribution in [2.45, 2.75) is 38.1 Å². The predicted molar refractivity (Wildman–Crippen MR) is 132 cm³/mol. The summed E-state index contributed by atoms with van der Waals surface area (Å²) in [4.78, 5) is 13.2. The largest absolute Gasteiger partial charge is 0.492 e. The number of amides is 1. The van der Waals surface area contributed by atoms with Gasteiger partial charge in [0.05, 0.1) is 18.3 Å². The van der Waals surface area contributed by atoms with E-state index >= 15 is 0 Å². The summed E-state index contributed by atoms with van der Waals surface area (Å²) in [5.74, 6) is 3.22. The Kier molecular flexibility index (Phi) is 5.09. The van der Waals surface area contributed by atoms with E-state index in [1.807, 2.05) is 37.3 Å². The summed E-state index contributed by atoms with van der Waals surface area (Å²) in [5, 5.41) is 6.92. The summed E-state index contributed by atoms with van der Waals surface area (Å²) in [6, 6.07) is 25.0. The van der Waals surface area contributed by atoms with Gasteiger partial charge in [0, 0.05) is 11.3 Å². The minimum absolute atomic E-state index is 0.0881. The van der Waals surface area contributed by atoms with Crippen LogP contribution < -0.4 is 15.4 Å². The molecule has 0 saturated heterocycles. The number of hydrogen-bond donors (Lipinski definition) is 2. The lowest BCUT2D eigenvalue weighted by molar-refractivity contribution is 0.102. The second-order valence-electron chi connectivity index (χ2n) is 9.65. The molecule has 3 aromatic rings. The lowest BCUT2D eigenvalue weighted by Gasteiger charge is -2.43. The number of ether oxygens (including phenoxy) is 1. The first-order chi connectivity index (χ1) is 16.2.